The molecule has 0 spiro atoms. The van der Waals surface area contributed by atoms with Crippen molar-refractivity contribution in [3.05, 3.63) is 54.1 Å². The van der Waals surface area contributed by atoms with Gasteiger partial charge in [-0.15, -0.1) is 0 Å². The molecule has 6 nitrogen and oxygen atoms in total. The summed E-state index contributed by atoms with van der Waals surface area (Å²) in [4.78, 5) is 30.5. The quantitative estimate of drug-likeness (QED) is 0.371. The van der Waals surface area contributed by atoms with Gasteiger partial charge < -0.3 is 10.1 Å². The molecule has 1 N–H and O–H groups in total. The first-order valence-corrected chi connectivity index (χ1v) is 10.8. The van der Waals surface area contributed by atoms with Crippen molar-refractivity contribution >= 4 is 40.1 Å². The highest BCUT2D eigenvalue weighted by Gasteiger charge is 2.41. The maximum Gasteiger partial charge on any atom is 0.416 e. The molecule has 1 aliphatic heterocycles. The number of thioether (sulfide) groups is 1. The summed E-state index contributed by atoms with van der Waals surface area (Å²) in [6, 6.07) is 11.4. The van der Waals surface area contributed by atoms with E-state index < -0.39 is 22.9 Å². The van der Waals surface area contributed by atoms with Crippen LogP contribution in [-0.2, 0) is 15.8 Å². The zero-order valence-electron chi connectivity index (χ0n) is 17.5. The van der Waals surface area contributed by atoms with Crippen molar-refractivity contribution in [3.8, 4) is 5.75 Å². The Balaban J connectivity index is 1.68. The minimum absolute atomic E-state index is 0.0408. The smallest absolute Gasteiger partial charge is 0.416 e. The Morgan fingerprint density at radius 2 is 1.94 bits per heavy atom. The van der Waals surface area contributed by atoms with Gasteiger partial charge in [-0.25, -0.2) is 4.90 Å². The first kappa shape index (κ1) is 23.6. The topological polar surface area (TPSA) is 71.0 Å². The molecule has 2 aromatic carbocycles. The third-order valence-electron chi connectivity index (χ3n) is 4.57. The van der Waals surface area contributed by atoms with E-state index in [4.69, 9.17) is 4.74 Å². The van der Waals surface area contributed by atoms with Gasteiger partial charge >= 0.3 is 6.18 Å². The number of ether oxygens (including phenoxy) is 1. The molecule has 0 saturated carbocycles. The summed E-state index contributed by atoms with van der Waals surface area (Å²) in [5, 5.41) is 2.30. The highest BCUT2D eigenvalue weighted by molar-refractivity contribution is 8.15. The number of imide groups is 1. The molecular formula is C22H22F3N3O3S. The number of carbonyl (C=O) groups is 2. The van der Waals surface area contributed by atoms with Crippen molar-refractivity contribution in [2.24, 2.45) is 4.99 Å². The molecule has 0 bridgehead atoms. The first-order valence-electron chi connectivity index (χ1n) is 9.90. The number of hydrogen-bond donors (Lipinski definition) is 1. The molecule has 1 saturated heterocycles. The van der Waals surface area contributed by atoms with Gasteiger partial charge in [-0.2, -0.15) is 13.2 Å². The third-order valence-corrected chi connectivity index (χ3v) is 5.73. The fourth-order valence-electron chi connectivity index (χ4n) is 3.05. The lowest BCUT2D eigenvalue weighted by atomic mass is 10.2. The standard InChI is InChI=1S/C22H22F3N3O3S/c1-3-11-31-17-9-7-16(8-10-17)28-19(29)13-18(20(28)30)32-21(26-2)27-15-6-4-5-14(12-15)22(23,24)25/h4-10,12,18H,3,11,13H2,1-2H3,(H,26,27). The SMILES string of the molecule is CCCOc1ccc(N2C(=O)CC(SC(=NC)Nc3cccc(C(F)(F)F)c3)C2=O)cc1. The minimum Gasteiger partial charge on any atom is -0.494 e. The number of nitrogens with zero attached hydrogens (tertiary/aromatic N) is 2. The Hall–Kier alpha value is -3.01. The van der Waals surface area contributed by atoms with Gasteiger partial charge in [0.1, 0.15) is 11.0 Å². The molecule has 32 heavy (non-hydrogen) atoms. The van der Waals surface area contributed by atoms with Crippen LogP contribution in [0.15, 0.2) is 53.5 Å². The van der Waals surface area contributed by atoms with Gasteiger partial charge in [-0.3, -0.25) is 14.6 Å². The number of hydrogen-bond acceptors (Lipinski definition) is 5. The van der Waals surface area contributed by atoms with Gasteiger partial charge in [0.15, 0.2) is 5.17 Å². The number of nitrogens with one attached hydrogen (secondary N) is 1. The van der Waals surface area contributed by atoms with Crippen molar-refractivity contribution in [1.29, 1.82) is 0 Å². The van der Waals surface area contributed by atoms with Crippen LogP contribution < -0.4 is 15.0 Å². The molecule has 1 unspecified atom stereocenters. The van der Waals surface area contributed by atoms with E-state index in [-0.39, 0.29) is 23.2 Å². The summed E-state index contributed by atoms with van der Waals surface area (Å²) < 4.78 is 44.3. The number of benzene rings is 2. The summed E-state index contributed by atoms with van der Waals surface area (Å²) >= 11 is 1.01. The van der Waals surface area contributed by atoms with Crippen molar-refractivity contribution in [2.75, 3.05) is 23.9 Å². The second kappa shape index (κ2) is 10.1. The number of aliphatic imine (C=N–C) groups is 1. The molecule has 0 aromatic heterocycles. The van der Waals surface area contributed by atoms with Crippen molar-refractivity contribution in [3.63, 3.8) is 0 Å². The predicted octanol–water partition coefficient (Wildman–Crippen LogP) is 4.96. The normalized spacial score (nSPS) is 17.1. The first-order chi connectivity index (χ1) is 15.2. The molecule has 2 amide bonds. The van der Waals surface area contributed by atoms with Gasteiger partial charge in [-0.1, -0.05) is 24.8 Å². The molecule has 1 fully saturated rings. The van der Waals surface area contributed by atoms with Crippen molar-refractivity contribution < 1.29 is 27.5 Å². The van der Waals surface area contributed by atoms with Crippen LogP contribution in [0.25, 0.3) is 0 Å². The predicted molar refractivity (Wildman–Crippen MR) is 119 cm³/mol. The van der Waals surface area contributed by atoms with Crippen LogP contribution in [0.1, 0.15) is 25.3 Å². The zero-order valence-corrected chi connectivity index (χ0v) is 18.3. The summed E-state index contributed by atoms with van der Waals surface area (Å²) in [5.41, 5.74) is -0.176. The van der Waals surface area contributed by atoms with Gasteiger partial charge in [-0.05, 0) is 48.9 Å². The van der Waals surface area contributed by atoms with Crippen LogP contribution in [0.2, 0.25) is 0 Å². The molecule has 3 rings (SSSR count). The van der Waals surface area contributed by atoms with Crippen LogP contribution >= 0.6 is 11.8 Å². The summed E-state index contributed by atoms with van der Waals surface area (Å²) in [6.07, 6.45) is -3.65. The number of amidine groups is 1. The lowest BCUT2D eigenvalue weighted by Crippen LogP contribution is -2.31. The summed E-state index contributed by atoms with van der Waals surface area (Å²) in [6.45, 7) is 2.56. The minimum atomic E-state index is -4.47. The fourth-order valence-corrected chi connectivity index (χ4v) is 4.03. The van der Waals surface area contributed by atoms with Crippen LogP contribution in [-0.4, -0.2) is 35.9 Å². The maximum absolute atomic E-state index is 12.9. The molecule has 170 valence electrons. The molecule has 1 aliphatic rings. The van der Waals surface area contributed by atoms with Crippen LogP contribution in [0.5, 0.6) is 5.75 Å². The van der Waals surface area contributed by atoms with E-state index in [9.17, 15) is 22.8 Å². The number of amides is 2. The van der Waals surface area contributed by atoms with Crippen molar-refractivity contribution in [2.45, 2.75) is 31.2 Å². The zero-order chi connectivity index (χ0) is 23.3. The Labute approximate surface area is 187 Å². The number of alkyl halides is 3. The molecular weight excluding hydrogens is 443 g/mol. The van der Waals surface area contributed by atoms with E-state index >= 15 is 0 Å². The van der Waals surface area contributed by atoms with Crippen LogP contribution in [0.3, 0.4) is 0 Å². The Morgan fingerprint density at radius 1 is 1.22 bits per heavy atom. The molecule has 10 heteroatoms. The highest BCUT2D eigenvalue weighted by Crippen LogP contribution is 2.33. The van der Waals surface area contributed by atoms with E-state index in [1.54, 1.807) is 24.3 Å². The molecule has 1 atom stereocenters. The summed E-state index contributed by atoms with van der Waals surface area (Å²) in [5.74, 6) is -0.121. The number of halogens is 3. The van der Waals surface area contributed by atoms with E-state index in [0.29, 0.717) is 18.0 Å². The van der Waals surface area contributed by atoms with Crippen LogP contribution in [0, 0.1) is 0 Å². The van der Waals surface area contributed by atoms with Crippen molar-refractivity contribution in [1.82, 2.24) is 0 Å². The van der Waals surface area contributed by atoms with Gasteiger partial charge in [0.25, 0.3) is 0 Å². The lowest BCUT2D eigenvalue weighted by Gasteiger charge is -2.16. The third kappa shape index (κ3) is 5.61. The Kier molecular flexibility index (Phi) is 7.44. The Bertz CT molecular complexity index is 1010. The second-order valence-corrected chi connectivity index (χ2v) is 8.14. The average molecular weight is 465 g/mol. The number of rotatable bonds is 6. The average Bonchev–Trinajstić information content (AvgIpc) is 3.04. The monoisotopic (exact) mass is 465 g/mol. The molecule has 0 aliphatic carbocycles. The van der Waals surface area contributed by atoms with E-state index in [0.717, 1.165) is 35.2 Å². The van der Waals surface area contributed by atoms with Gasteiger partial charge in [0.05, 0.1) is 17.9 Å². The maximum atomic E-state index is 12.9. The second-order valence-electron chi connectivity index (χ2n) is 6.95. The van der Waals surface area contributed by atoms with Gasteiger partial charge in [0, 0.05) is 19.2 Å². The number of anilines is 2. The fraction of sp³-hybridized carbons (Fsp3) is 0.318. The number of carbonyl (C=O) groups excluding carboxylic acids is 2. The van der Waals surface area contributed by atoms with E-state index in [1.807, 2.05) is 6.92 Å². The summed E-state index contributed by atoms with van der Waals surface area (Å²) in [7, 11) is 1.46. The molecule has 2 aromatic rings. The van der Waals surface area contributed by atoms with Crippen LogP contribution in [0.4, 0.5) is 24.5 Å². The largest absolute Gasteiger partial charge is 0.494 e. The van der Waals surface area contributed by atoms with E-state index in [1.165, 1.54) is 19.2 Å². The molecule has 0 radical (unpaired) electrons. The molecule has 1 heterocycles. The lowest BCUT2D eigenvalue weighted by molar-refractivity contribution is -0.137. The van der Waals surface area contributed by atoms with E-state index in [2.05, 4.69) is 10.3 Å². The van der Waals surface area contributed by atoms with Gasteiger partial charge in [0.2, 0.25) is 11.8 Å². The highest BCUT2D eigenvalue weighted by atomic mass is 32.2. The Morgan fingerprint density at radius 3 is 2.56 bits per heavy atom.